The van der Waals surface area contributed by atoms with E-state index in [1.54, 1.807) is 24.5 Å². The molecule has 0 bridgehead atoms. The Morgan fingerprint density at radius 1 is 1.05 bits per heavy atom. The number of pyridine rings is 2. The van der Waals surface area contributed by atoms with Crippen molar-refractivity contribution < 1.29 is 4.79 Å². The molecule has 0 saturated carbocycles. The van der Waals surface area contributed by atoms with E-state index in [1.807, 2.05) is 24.3 Å². The minimum atomic E-state index is -0.235. The Balaban J connectivity index is 2.02. The van der Waals surface area contributed by atoms with E-state index < -0.39 is 0 Å². The highest BCUT2D eigenvalue weighted by Crippen LogP contribution is 2.23. The lowest BCUT2D eigenvalue weighted by Crippen LogP contribution is -2.13. The summed E-state index contributed by atoms with van der Waals surface area (Å²) in [5, 5.41) is 4.34. The summed E-state index contributed by atoms with van der Waals surface area (Å²) in [6, 6.07) is 11.0. The number of nitrogen functional groups attached to an aromatic ring is 1. The molecule has 0 radical (unpaired) electrons. The lowest BCUT2D eigenvalue weighted by Gasteiger charge is -2.08. The molecule has 20 heavy (non-hydrogen) atoms. The number of rotatable bonds is 2. The van der Waals surface area contributed by atoms with Gasteiger partial charge in [0, 0.05) is 17.8 Å². The summed E-state index contributed by atoms with van der Waals surface area (Å²) in [5.74, 6) is 0.181. The molecule has 3 aromatic rings. The zero-order valence-corrected chi connectivity index (χ0v) is 10.6. The number of carbonyl (C=O) groups excluding carboxylic acids is 1. The van der Waals surface area contributed by atoms with Crippen LogP contribution in [0, 0.1) is 0 Å². The normalized spacial score (nSPS) is 10.4. The highest BCUT2D eigenvalue weighted by Gasteiger charge is 2.12. The van der Waals surface area contributed by atoms with Crippen LogP contribution in [-0.4, -0.2) is 15.9 Å². The van der Waals surface area contributed by atoms with Gasteiger partial charge in [-0.3, -0.25) is 9.78 Å². The third-order valence-corrected chi connectivity index (χ3v) is 2.99. The van der Waals surface area contributed by atoms with Crippen molar-refractivity contribution in [2.45, 2.75) is 0 Å². The van der Waals surface area contributed by atoms with Gasteiger partial charge in [-0.1, -0.05) is 24.3 Å². The van der Waals surface area contributed by atoms with Gasteiger partial charge in [0.1, 0.15) is 5.82 Å². The second kappa shape index (κ2) is 4.97. The van der Waals surface area contributed by atoms with Crippen LogP contribution in [0.4, 0.5) is 11.5 Å². The van der Waals surface area contributed by atoms with Gasteiger partial charge in [0.25, 0.3) is 5.91 Å². The number of hydrogen-bond donors (Lipinski definition) is 2. The third-order valence-electron chi connectivity index (χ3n) is 2.99. The first-order chi connectivity index (χ1) is 9.75. The Hall–Kier alpha value is -2.95. The molecule has 0 aliphatic heterocycles. The molecule has 1 aromatic carbocycles. The van der Waals surface area contributed by atoms with Crippen molar-refractivity contribution in [3.63, 3.8) is 0 Å². The van der Waals surface area contributed by atoms with Crippen LogP contribution in [0.25, 0.3) is 10.8 Å². The van der Waals surface area contributed by atoms with Gasteiger partial charge in [-0.05, 0) is 17.5 Å². The predicted octanol–water partition coefficient (Wildman–Crippen LogP) is 2.46. The van der Waals surface area contributed by atoms with Crippen molar-refractivity contribution in [3.8, 4) is 0 Å². The quantitative estimate of drug-likeness (QED) is 0.745. The number of aromatic nitrogens is 2. The topological polar surface area (TPSA) is 80.9 Å². The summed E-state index contributed by atoms with van der Waals surface area (Å²) in [6.45, 7) is 0. The molecule has 0 spiro atoms. The molecule has 2 aromatic heterocycles. The summed E-state index contributed by atoms with van der Waals surface area (Å²) < 4.78 is 0. The van der Waals surface area contributed by atoms with Gasteiger partial charge in [0.15, 0.2) is 0 Å². The summed E-state index contributed by atoms with van der Waals surface area (Å²) in [5.41, 5.74) is 6.95. The van der Waals surface area contributed by atoms with E-state index in [1.165, 1.54) is 6.20 Å². The Morgan fingerprint density at radius 3 is 2.60 bits per heavy atom. The first kappa shape index (κ1) is 12.1. The number of anilines is 2. The fraction of sp³-hybridized carbons (Fsp3) is 0. The molecule has 98 valence electrons. The van der Waals surface area contributed by atoms with Gasteiger partial charge in [0.05, 0.1) is 17.4 Å². The highest BCUT2D eigenvalue weighted by molar-refractivity contribution is 6.14. The smallest absolute Gasteiger partial charge is 0.257 e. The van der Waals surface area contributed by atoms with E-state index in [-0.39, 0.29) is 5.91 Å². The molecule has 0 aliphatic rings. The van der Waals surface area contributed by atoms with Crippen molar-refractivity contribution in [3.05, 3.63) is 60.6 Å². The Labute approximate surface area is 115 Å². The van der Waals surface area contributed by atoms with Crippen LogP contribution in [0.5, 0.6) is 0 Å². The van der Waals surface area contributed by atoms with Crippen molar-refractivity contribution in [2.24, 2.45) is 0 Å². The maximum absolute atomic E-state index is 12.3. The van der Waals surface area contributed by atoms with Crippen LogP contribution < -0.4 is 11.1 Å². The SMILES string of the molecule is Nc1ncc(C(=O)Nc2cccnc2)c2ccccc12. The number of hydrogen-bond acceptors (Lipinski definition) is 4. The van der Waals surface area contributed by atoms with Gasteiger partial charge in [-0.25, -0.2) is 4.98 Å². The highest BCUT2D eigenvalue weighted by atomic mass is 16.1. The van der Waals surface area contributed by atoms with Gasteiger partial charge in [0.2, 0.25) is 0 Å². The molecule has 1 amide bonds. The number of benzene rings is 1. The average molecular weight is 264 g/mol. The third kappa shape index (κ3) is 2.16. The molecule has 0 unspecified atom stereocenters. The number of nitrogens with zero attached hydrogens (tertiary/aromatic N) is 2. The monoisotopic (exact) mass is 264 g/mol. The van der Waals surface area contributed by atoms with Gasteiger partial charge >= 0.3 is 0 Å². The van der Waals surface area contributed by atoms with Crippen LogP contribution in [0.2, 0.25) is 0 Å². The Morgan fingerprint density at radius 2 is 1.85 bits per heavy atom. The maximum atomic E-state index is 12.3. The number of amides is 1. The summed E-state index contributed by atoms with van der Waals surface area (Å²) in [7, 11) is 0. The fourth-order valence-corrected chi connectivity index (χ4v) is 2.03. The van der Waals surface area contributed by atoms with E-state index in [9.17, 15) is 4.79 Å². The minimum Gasteiger partial charge on any atom is -0.383 e. The number of nitrogens with two attached hydrogens (primary N) is 1. The number of carbonyl (C=O) groups is 1. The molecule has 0 aliphatic carbocycles. The summed E-state index contributed by atoms with van der Waals surface area (Å²) in [6.07, 6.45) is 4.73. The molecule has 3 N–H and O–H groups in total. The Kier molecular flexibility index (Phi) is 3.01. The molecular weight excluding hydrogens is 252 g/mol. The van der Waals surface area contributed by atoms with E-state index in [2.05, 4.69) is 15.3 Å². The second-order valence-corrected chi connectivity index (χ2v) is 4.30. The number of fused-ring (bicyclic) bond motifs is 1. The van der Waals surface area contributed by atoms with Gasteiger partial charge in [-0.15, -0.1) is 0 Å². The Bertz CT molecular complexity index is 771. The van der Waals surface area contributed by atoms with E-state index >= 15 is 0 Å². The molecule has 0 fully saturated rings. The first-order valence-corrected chi connectivity index (χ1v) is 6.10. The van der Waals surface area contributed by atoms with Crippen LogP contribution in [0.1, 0.15) is 10.4 Å². The molecule has 2 heterocycles. The minimum absolute atomic E-state index is 0.235. The number of nitrogens with one attached hydrogen (secondary N) is 1. The van der Waals surface area contributed by atoms with Gasteiger partial charge < -0.3 is 11.1 Å². The lowest BCUT2D eigenvalue weighted by atomic mass is 10.1. The van der Waals surface area contributed by atoms with E-state index in [4.69, 9.17) is 5.73 Å². The standard InChI is InChI=1S/C15H12N4O/c16-14-12-6-2-1-5-11(12)13(9-18-14)15(20)19-10-4-3-7-17-8-10/h1-9H,(H2,16,18)(H,19,20). The van der Waals surface area contributed by atoms with Crippen molar-refractivity contribution in [1.82, 2.24) is 9.97 Å². The molecule has 5 nitrogen and oxygen atoms in total. The zero-order chi connectivity index (χ0) is 13.9. The van der Waals surface area contributed by atoms with Crippen LogP contribution >= 0.6 is 0 Å². The maximum Gasteiger partial charge on any atom is 0.257 e. The first-order valence-electron chi connectivity index (χ1n) is 6.10. The molecule has 0 atom stereocenters. The molecule has 0 saturated heterocycles. The predicted molar refractivity (Wildman–Crippen MR) is 78.3 cm³/mol. The van der Waals surface area contributed by atoms with Crippen LogP contribution in [0.3, 0.4) is 0 Å². The molecule has 3 rings (SSSR count). The largest absolute Gasteiger partial charge is 0.383 e. The van der Waals surface area contributed by atoms with Crippen LogP contribution in [0.15, 0.2) is 55.0 Å². The molecular formula is C15H12N4O. The zero-order valence-electron chi connectivity index (χ0n) is 10.6. The van der Waals surface area contributed by atoms with Crippen LogP contribution in [-0.2, 0) is 0 Å². The summed E-state index contributed by atoms with van der Waals surface area (Å²) >= 11 is 0. The molecule has 5 heteroatoms. The van der Waals surface area contributed by atoms with Crippen molar-refractivity contribution >= 4 is 28.2 Å². The fourth-order valence-electron chi connectivity index (χ4n) is 2.03. The van der Waals surface area contributed by atoms with Gasteiger partial charge in [-0.2, -0.15) is 0 Å². The van der Waals surface area contributed by atoms with E-state index in [0.29, 0.717) is 17.1 Å². The second-order valence-electron chi connectivity index (χ2n) is 4.30. The van der Waals surface area contributed by atoms with E-state index in [0.717, 1.165) is 10.8 Å². The lowest BCUT2D eigenvalue weighted by molar-refractivity contribution is 0.102. The summed E-state index contributed by atoms with van der Waals surface area (Å²) in [4.78, 5) is 20.3. The van der Waals surface area contributed by atoms with Crippen molar-refractivity contribution in [2.75, 3.05) is 11.1 Å². The average Bonchev–Trinajstić information content (AvgIpc) is 2.49. The van der Waals surface area contributed by atoms with Crippen molar-refractivity contribution in [1.29, 1.82) is 0 Å².